The van der Waals surface area contributed by atoms with Crippen LogP contribution >= 0.6 is 0 Å². The number of rotatable bonds is 6. The van der Waals surface area contributed by atoms with Gasteiger partial charge in [-0.2, -0.15) is 8.78 Å². The summed E-state index contributed by atoms with van der Waals surface area (Å²) in [6, 6.07) is 0. The van der Waals surface area contributed by atoms with E-state index in [4.69, 9.17) is 5.11 Å². The highest BCUT2D eigenvalue weighted by Gasteiger charge is 1.89. The highest BCUT2D eigenvalue weighted by atomic mass is 19.3. The van der Waals surface area contributed by atoms with Gasteiger partial charge in [0, 0.05) is 6.61 Å². The zero-order chi connectivity index (χ0) is 8.53. The molecule has 0 aromatic rings. The van der Waals surface area contributed by atoms with Gasteiger partial charge in [0.1, 0.15) is 0 Å². The van der Waals surface area contributed by atoms with E-state index in [1.54, 1.807) is 0 Å². The Morgan fingerprint density at radius 1 is 1.09 bits per heavy atom. The van der Waals surface area contributed by atoms with E-state index >= 15 is 0 Å². The quantitative estimate of drug-likeness (QED) is 0.598. The Morgan fingerprint density at radius 2 is 1.73 bits per heavy atom. The van der Waals surface area contributed by atoms with Gasteiger partial charge >= 0.3 is 0 Å². The lowest BCUT2D eigenvalue weighted by molar-refractivity contribution is 0.282. The second-order valence-corrected chi connectivity index (χ2v) is 2.42. The van der Waals surface area contributed by atoms with Gasteiger partial charge in [-0.25, -0.2) is 0 Å². The second-order valence-electron chi connectivity index (χ2n) is 2.42. The first-order chi connectivity index (χ1) is 5.27. The standard InChI is InChI=1S/C8H14F2O/c9-8(10)6-4-2-1-3-5-7-11/h6,11H,1-5,7H2. The van der Waals surface area contributed by atoms with E-state index in [2.05, 4.69) is 0 Å². The molecule has 0 fully saturated rings. The van der Waals surface area contributed by atoms with Gasteiger partial charge in [0.05, 0.1) is 0 Å². The summed E-state index contributed by atoms with van der Waals surface area (Å²) in [7, 11) is 0. The van der Waals surface area contributed by atoms with Crippen molar-refractivity contribution in [2.24, 2.45) is 0 Å². The largest absolute Gasteiger partial charge is 0.396 e. The van der Waals surface area contributed by atoms with Crippen LogP contribution in [-0.4, -0.2) is 11.7 Å². The van der Waals surface area contributed by atoms with Crippen LogP contribution in [0.2, 0.25) is 0 Å². The van der Waals surface area contributed by atoms with E-state index in [0.717, 1.165) is 31.8 Å². The molecular formula is C8H14F2O. The van der Waals surface area contributed by atoms with Crippen molar-refractivity contribution in [3.05, 3.63) is 12.2 Å². The predicted molar refractivity (Wildman–Crippen MR) is 40.5 cm³/mol. The minimum atomic E-state index is -1.59. The normalized spacial score (nSPS) is 9.73. The molecule has 0 saturated carbocycles. The Hall–Kier alpha value is -0.440. The minimum absolute atomic E-state index is 0.202. The first-order valence-corrected chi connectivity index (χ1v) is 3.89. The molecule has 0 aromatic carbocycles. The van der Waals surface area contributed by atoms with E-state index < -0.39 is 6.08 Å². The molecule has 11 heavy (non-hydrogen) atoms. The van der Waals surface area contributed by atoms with Crippen LogP contribution in [0.4, 0.5) is 8.78 Å². The Kier molecular flexibility index (Phi) is 7.36. The molecule has 0 radical (unpaired) electrons. The van der Waals surface area contributed by atoms with Crippen LogP contribution in [-0.2, 0) is 0 Å². The maximum absolute atomic E-state index is 11.4. The van der Waals surface area contributed by atoms with Crippen molar-refractivity contribution in [2.45, 2.75) is 32.1 Å². The van der Waals surface area contributed by atoms with Crippen molar-refractivity contribution in [2.75, 3.05) is 6.61 Å². The van der Waals surface area contributed by atoms with Gasteiger partial charge in [-0.1, -0.05) is 12.8 Å². The Labute approximate surface area is 65.7 Å². The van der Waals surface area contributed by atoms with Crippen molar-refractivity contribution in [3.63, 3.8) is 0 Å². The number of halogens is 2. The molecule has 0 aromatic heterocycles. The van der Waals surface area contributed by atoms with E-state index in [1.165, 1.54) is 0 Å². The maximum Gasteiger partial charge on any atom is 0.266 e. The summed E-state index contributed by atoms with van der Waals surface area (Å²) in [6.07, 6.45) is 3.22. The lowest BCUT2D eigenvalue weighted by atomic mass is 10.1. The minimum Gasteiger partial charge on any atom is -0.396 e. The van der Waals surface area contributed by atoms with Gasteiger partial charge < -0.3 is 5.11 Å². The molecule has 0 bridgehead atoms. The number of hydrogen-bond donors (Lipinski definition) is 1. The topological polar surface area (TPSA) is 20.2 Å². The fourth-order valence-electron chi connectivity index (χ4n) is 0.821. The first kappa shape index (κ1) is 10.6. The predicted octanol–water partition coefficient (Wildman–Crippen LogP) is 2.71. The molecule has 3 heteroatoms. The summed E-state index contributed by atoms with van der Waals surface area (Å²) < 4.78 is 22.9. The smallest absolute Gasteiger partial charge is 0.266 e. The number of hydrogen-bond acceptors (Lipinski definition) is 1. The van der Waals surface area contributed by atoms with Crippen molar-refractivity contribution in [1.29, 1.82) is 0 Å². The third kappa shape index (κ3) is 9.56. The number of aliphatic hydroxyl groups is 1. The lowest BCUT2D eigenvalue weighted by Crippen LogP contribution is -1.82. The van der Waals surface area contributed by atoms with Crippen LogP contribution in [0, 0.1) is 0 Å². The first-order valence-electron chi connectivity index (χ1n) is 3.89. The summed E-state index contributed by atoms with van der Waals surface area (Å²) in [5.74, 6) is 0. The molecule has 66 valence electrons. The summed E-state index contributed by atoms with van der Waals surface area (Å²) >= 11 is 0. The van der Waals surface area contributed by atoms with Crippen molar-refractivity contribution < 1.29 is 13.9 Å². The molecule has 0 spiro atoms. The van der Waals surface area contributed by atoms with Crippen LogP contribution in [0.25, 0.3) is 0 Å². The van der Waals surface area contributed by atoms with Crippen LogP contribution in [0.1, 0.15) is 32.1 Å². The van der Waals surface area contributed by atoms with Crippen molar-refractivity contribution >= 4 is 0 Å². The third-order valence-corrected chi connectivity index (χ3v) is 1.41. The number of aliphatic hydroxyl groups excluding tert-OH is 1. The van der Waals surface area contributed by atoms with Crippen LogP contribution in [0.15, 0.2) is 12.2 Å². The van der Waals surface area contributed by atoms with E-state index in [9.17, 15) is 8.78 Å². The average molecular weight is 164 g/mol. The number of allylic oxidation sites excluding steroid dienone is 1. The lowest BCUT2D eigenvalue weighted by Gasteiger charge is -1.94. The van der Waals surface area contributed by atoms with Crippen molar-refractivity contribution in [1.82, 2.24) is 0 Å². The molecule has 1 N–H and O–H groups in total. The highest BCUT2D eigenvalue weighted by molar-refractivity contribution is 4.79. The molecule has 0 unspecified atom stereocenters. The molecule has 0 rings (SSSR count). The monoisotopic (exact) mass is 164 g/mol. The van der Waals surface area contributed by atoms with Gasteiger partial charge in [0.25, 0.3) is 6.08 Å². The van der Waals surface area contributed by atoms with Gasteiger partial charge in [0.15, 0.2) is 0 Å². The fourth-order valence-corrected chi connectivity index (χ4v) is 0.821. The summed E-state index contributed by atoms with van der Waals surface area (Å²) in [6.45, 7) is 0.202. The zero-order valence-electron chi connectivity index (χ0n) is 6.52. The Morgan fingerprint density at radius 3 is 2.27 bits per heavy atom. The Balaban J connectivity index is 2.97. The summed E-state index contributed by atoms with van der Waals surface area (Å²) in [5.41, 5.74) is 0. The number of unbranched alkanes of at least 4 members (excludes halogenated alkanes) is 4. The average Bonchev–Trinajstić information content (AvgIpc) is 1.96. The molecule has 0 aliphatic heterocycles. The maximum atomic E-state index is 11.4. The second kappa shape index (κ2) is 7.66. The fraction of sp³-hybridized carbons (Fsp3) is 0.750. The van der Waals surface area contributed by atoms with Crippen LogP contribution in [0.3, 0.4) is 0 Å². The van der Waals surface area contributed by atoms with E-state index in [1.807, 2.05) is 0 Å². The zero-order valence-corrected chi connectivity index (χ0v) is 6.52. The van der Waals surface area contributed by atoms with Gasteiger partial charge in [-0.3, -0.25) is 0 Å². The molecule has 0 amide bonds. The van der Waals surface area contributed by atoms with E-state index in [-0.39, 0.29) is 6.61 Å². The molecule has 0 aliphatic rings. The Bertz CT molecular complexity index is 109. The summed E-state index contributed by atoms with van der Waals surface area (Å²) in [4.78, 5) is 0. The SMILES string of the molecule is OCCCCCCC=C(F)F. The molecular weight excluding hydrogens is 150 g/mol. The molecule has 1 nitrogen and oxygen atoms in total. The highest BCUT2D eigenvalue weighted by Crippen LogP contribution is 2.06. The van der Waals surface area contributed by atoms with Gasteiger partial charge in [-0.05, 0) is 25.3 Å². The van der Waals surface area contributed by atoms with Gasteiger partial charge in [0.2, 0.25) is 0 Å². The van der Waals surface area contributed by atoms with E-state index in [0.29, 0.717) is 6.42 Å². The molecule has 0 atom stereocenters. The third-order valence-electron chi connectivity index (χ3n) is 1.41. The van der Waals surface area contributed by atoms with Crippen molar-refractivity contribution in [3.8, 4) is 0 Å². The molecule has 0 aliphatic carbocycles. The van der Waals surface area contributed by atoms with Crippen LogP contribution < -0.4 is 0 Å². The molecule has 0 heterocycles. The summed E-state index contributed by atoms with van der Waals surface area (Å²) in [5, 5.41) is 8.38. The van der Waals surface area contributed by atoms with Gasteiger partial charge in [-0.15, -0.1) is 0 Å². The van der Waals surface area contributed by atoms with Crippen LogP contribution in [0.5, 0.6) is 0 Å². The molecule has 0 saturated heterocycles.